The van der Waals surface area contributed by atoms with Crippen molar-refractivity contribution in [1.82, 2.24) is 5.32 Å². The minimum Gasteiger partial charge on any atom is -0.486 e. The number of carbonyl (C=O) groups excluding carboxylic acids is 2. The standard InChI is InChI=1S/C23H20ClF4NO5/c24-18-5-4-16(7-19(18)25)32-9-14(30)8-21-11-22(12-21,13-21)29-20(31)10-33-15-2-1-3-17(6-15)34-23(26,27)28/h1-7H,8-13H2,(H,29,31). The lowest BCUT2D eigenvalue weighted by atomic mass is 9.38. The second-order valence-corrected chi connectivity index (χ2v) is 9.16. The summed E-state index contributed by atoms with van der Waals surface area (Å²) in [6.07, 6.45) is -2.60. The molecule has 182 valence electrons. The van der Waals surface area contributed by atoms with Crippen molar-refractivity contribution < 1.29 is 41.4 Å². The van der Waals surface area contributed by atoms with Crippen LogP contribution in [0.3, 0.4) is 0 Å². The second kappa shape index (κ2) is 8.98. The molecule has 3 aliphatic rings. The lowest BCUT2D eigenvalue weighted by molar-refractivity contribution is -0.274. The van der Waals surface area contributed by atoms with E-state index in [1.807, 2.05) is 0 Å². The van der Waals surface area contributed by atoms with Gasteiger partial charge in [-0.15, -0.1) is 13.2 Å². The zero-order valence-electron chi connectivity index (χ0n) is 17.7. The SMILES string of the molecule is O=C(COc1ccc(Cl)c(F)c1)CC12CC(NC(=O)COc3cccc(OC(F)(F)F)c3)(C1)C2. The van der Waals surface area contributed by atoms with Gasteiger partial charge in [-0.2, -0.15) is 0 Å². The predicted octanol–water partition coefficient (Wildman–Crippen LogP) is 4.83. The van der Waals surface area contributed by atoms with Crippen LogP contribution in [0.25, 0.3) is 0 Å². The Morgan fingerprint density at radius 2 is 1.62 bits per heavy atom. The third kappa shape index (κ3) is 5.72. The van der Waals surface area contributed by atoms with Crippen molar-refractivity contribution in [1.29, 1.82) is 0 Å². The van der Waals surface area contributed by atoms with E-state index in [9.17, 15) is 27.2 Å². The summed E-state index contributed by atoms with van der Waals surface area (Å²) in [7, 11) is 0. The van der Waals surface area contributed by atoms with E-state index in [2.05, 4.69) is 10.1 Å². The molecule has 1 N–H and O–H groups in total. The average molecular weight is 502 g/mol. The predicted molar refractivity (Wildman–Crippen MR) is 112 cm³/mol. The molecule has 2 aromatic carbocycles. The third-order valence-corrected chi connectivity index (χ3v) is 6.12. The highest BCUT2D eigenvalue weighted by molar-refractivity contribution is 6.30. The molecular formula is C23H20ClF4NO5. The fraction of sp³-hybridized carbons (Fsp3) is 0.391. The number of halogens is 5. The Balaban J connectivity index is 1.17. The van der Waals surface area contributed by atoms with Crippen LogP contribution in [0, 0.1) is 11.2 Å². The van der Waals surface area contributed by atoms with Crippen LogP contribution >= 0.6 is 11.6 Å². The maximum atomic E-state index is 13.4. The molecule has 1 amide bonds. The van der Waals surface area contributed by atoms with Gasteiger partial charge in [0.1, 0.15) is 29.7 Å². The molecule has 3 saturated carbocycles. The quantitative estimate of drug-likeness (QED) is 0.472. The van der Waals surface area contributed by atoms with Gasteiger partial charge in [-0.05, 0) is 48.9 Å². The lowest BCUT2D eigenvalue weighted by Gasteiger charge is -2.70. The minimum atomic E-state index is -4.82. The Kier molecular flexibility index (Phi) is 6.37. The highest BCUT2D eigenvalue weighted by atomic mass is 35.5. The van der Waals surface area contributed by atoms with Gasteiger partial charge in [0, 0.05) is 24.1 Å². The topological polar surface area (TPSA) is 73.9 Å². The van der Waals surface area contributed by atoms with E-state index < -0.39 is 23.8 Å². The molecular weight excluding hydrogens is 482 g/mol. The first-order valence-corrected chi connectivity index (χ1v) is 10.7. The van der Waals surface area contributed by atoms with Crippen molar-refractivity contribution >= 4 is 23.3 Å². The summed E-state index contributed by atoms with van der Waals surface area (Å²) in [4.78, 5) is 24.5. The normalized spacial score (nSPS) is 22.7. The molecule has 5 rings (SSSR count). The average Bonchev–Trinajstić information content (AvgIpc) is 2.69. The van der Waals surface area contributed by atoms with Crippen molar-refractivity contribution in [3.63, 3.8) is 0 Å². The molecule has 0 atom stereocenters. The molecule has 2 bridgehead atoms. The van der Waals surface area contributed by atoms with Gasteiger partial charge in [0.25, 0.3) is 5.91 Å². The van der Waals surface area contributed by atoms with Crippen molar-refractivity contribution in [3.8, 4) is 17.2 Å². The molecule has 0 aromatic heterocycles. The van der Waals surface area contributed by atoms with E-state index in [1.165, 1.54) is 24.3 Å². The number of alkyl halides is 3. The Labute approximate surface area is 197 Å². The zero-order chi connectivity index (χ0) is 24.6. The smallest absolute Gasteiger partial charge is 0.486 e. The fourth-order valence-electron chi connectivity index (χ4n) is 4.76. The van der Waals surface area contributed by atoms with E-state index in [0.717, 1.165) is 18.2 Å². The maximum Gasteiger partial charge on any atom is 0.573 e. The molecule has 3 aliphatic carbocycles. The fourth-order valence-corrected chi connectivity index (χ4v) is 4.88. The number of hydrogen-bond acceptors (Lipinski definition) is 5. The Bertz CT molecular complexity index is 1090. The summed E-state index contributed by atoms with van der Waals surface area (Å²) < 4.78 is 64.8. The van der Waals surface area contributed by atoms with Gasteiger partial charge < -0.3 is 19.5 Å². The van der Waals surface area contributed by atoms with Gasteiger partial charge in [0.15, 0.2) is 12.4 Å². The third-order valence-electron chi connectivity index (χ3n) is 5.82. The number of amides is 1. The monoisotopic (exact) mass is 501 g/mol. The minimum absolute atomic E-state index is 0.0331. The Morgan fingerprint density at radius 1 is 0.971 bits per heavy atom. The molecule has 3 fully saturated rings. The number of hydrogen-bond donors (Lipinski definition) is 1. The van der Waals surface area contributed by atoms with Crippen LogP contribution in [0.2, 0.25) is 5.02 Å². The van der Waals surface area contributed by atoms with Gasteiger partial charge in [0.2, 0.25) is 0 Å². The van der Waals surface area contributed by atoms with Gasteiger partial charge in [-0.1, -0.05) is 17.7 Å². The number of rotatable bonds is 10. The molecule has 2 aromatic rings. The molecule has 0 saturated heterocycles. The molecule has 6 nitrogen and oxygen atoms in total. The van der Waals surface area contributed by atoms with Crippen LogP contribution in [0.15, 0.2) is 42.5 Å². The number of ketones is 1. The van der Waals surface area contributed by atoms with E-state index in [4.69, 9.17) is 21.1 Å². The maximum absolute atomic E-state index is 13.4. The number of ether oxygens (including phenoxy) is 3. The molecule has 0 unspecified atom stereocenters. The number of nitrogens with one attached hydrogen (secondary N) is 1. The van der Waals surface area contributed by atoms with E-state index >= 15 is 0 Å². The lowest BCUT2D eigenvalue weighted by Crippen LogP contribution is -2.75. The van der Waals surface area contributed by atoms with Crippen LogP contribution in [-0.2, 0) is 9.59 Å². The van der Waals surface area contributed by atoms with E-state index in [0.29, 0.717) is 25.7 Å². The Morgan fingerprint density at radius 3 is 2.29 bits per heavy atom. The number of Topliss-reactive ketones (excluding diaryl/α,β-unsaturated/α-hetero) is 1. The summed E-state index contributed by atoms with van der Waals surface area (Å²) in [5, 5.41) is 2.84. The van der Waals surface area contributed by atoms with Gasteiger partial charge >= 0.3 is 6.36 Å². The first-order valence-electron chi connectivity index (χ1n) is 10.3. The summed E-state index contributed by atoms with van der Waals surface area (Å²) >= 11 is 5.61. The Hall–Kier alpha value is -3.01. The second-order valence-electron chi connectivity index (χ2n) is 8.75. The summed E-state index contributed by atoms with van der Waals surface area (Å²) in [5.41, 5.74) is -0.564. The van der Waals surface area contributed by atoms with E-state index in [1.54, 1.807) is 0 Å². The molecule has 0 spiro atoms. The van der Waals surface area contributed by atoms with Gasteiger partial charge in [-0.25, -0.2) is 4.39 Å². The van der Waals surface area contributed by atoms with Crippen molar-refractivity contribution in [2.24, 2.45) is 5.41 Å². The zero-order valence-corrected chi connectivity index (χ0v) is 18.5. The van der Waals surface area contributed by atoms with Gasteiger partial charge in [0.05, 0.1) is 5.02 Å². The highest BCUT2D eigenvalue weighted by Crippen LogP contribution is 2.69. The largest absolute Gasteiger partial charge is 0.573 e. The van der Waals surface area contributed by atoms with Crippen LogP contribution in [-0.4, -0.2) is 36.8 Å². The van der Waals surface area contributed by atoms with E-state index in [-0.39, 0.29) is 46.5 Å². The first-order chi connectivity index (χ1) is 15.9. The molecule has 34 heavy (non-hydrogen) atoms. The summed E-state index contributed by atoms with van der Waals surface area (Å²) in [6.45, 7) is -0.554. The van der Waals surface area contributed by atoms with Crippen molar-refractivity contribution in [2.45, 2.75) is 37.6 Å². The summed E-state index contributed by atoms with van der Waals surface area (Å²) in [5.74, 6) is -1.32. The number of benzene rings is 2. The molecule has 0 heterocycles. The van der Waals surface area contributed by atoms with Crippen LogP contribution in [0.4, 0.5) is 17.6 Å². The van der Waals surface area contributed by atoms with Crippen LogP contribution in [0.5, 0.6) is 17.2 Å². The highest BCUT2D eigenvalue weighted by Gasteiger charge is 2.68. The molecule has 0 radical (unpaired) electrons. The molecule has 0 aliphatic heterocycles. The van der Waals surface area contributed by atoms with Crippen molar-refractivity contribution in [3.05, 3.63) is 53.3 Å². The summed E-state index contributed by atoms with van der Waals surface area (Å²) in [6, 6.07) is 8.85. The van der Waals surface area contributed by atoms with Crippen molar-refractivity contribution in [2.75, 3.05) is 13.2 Å². The van der Waals surface area contributed by atoms with Gasteiger partial charge in [-0.3, -0.25) is 9.59 Å². The van der Waals surface area contributed by atoms with Crippen LogP contribution in [0.1, 0.15) is 25.7 Å². The van der Waals surface area contributed by atoms with Crippen LogP contribution < -0.4 is 19.5 Å². The number of carbonyl (C=O) groups is 2. The molecule has 11 heteroatoms. The first kappa shape index (κ1) is 24.1.